The average Bonchev–Trinajstić information content (AvgIpc) is 2.73. The van der Waals surface area contributed by atoms with Gasteiger partial charge in [0.25, 0.3) is 0 Å². The second-order valence-electron chi connectivity index (χ2n) is 7.92. The number of fused-ring (bicyclic) bond motifs is 1. The van der Waals surface area contributed by atoms with Gasteiger partial charge in [-0.15, -0.1) is 0 Å². The van der Waals surface area contributed by atoms with Crippen molar-refractivity contribution in [2.24, 2.45) is 5.92 Å². The van der Waals surface area contributed by atoms with E-state index in [-0.39, 0.29) is 11.7 Å². The number of likely N-dealkylation sites (tertiary alicyclic amines) is 1. The summed E-state index contributed by atoms with van der Waals surface area (Å²) >= 11 is 0. The van der Waals surface area contributed by atoms with Gasteiger partial charge in [0.2, 0.25) is 0 Å². The van der Waals surface area contributed by atoms with Crippen molar-refractivity contribution in [1.29, 1.82) is 0 Å². The number of rotatable bonds is 5. The first-order chi connectivity index (χ1) is 14.1. The molecule has 3 aromatic rings. The van der Waals surface area contributed by atoms with Crippen LogP contribution in [-0.4, -0.2) is 40.9 Å². The van der Waals surface area contributed by atoms with Gasteiger partial charge in [-0.25, -0.2) is 0 Å². The van der Waals surface area contributed by atoms with Crippen LogP contribution in [0.4, 0.5) is 0 Å². The molecule has 5 heteroatoms. The molecule has 1 aliphatic rings. The normalized spacial score (nSPS) is 17.4. The molecule has 0 radical (unpaired) electrons. The van der Waals surface area contributed by atoms with Crippen molar-refractivity contribution >= 4 is 16.8 Å². The molecule has 1 aromatic heterocycles. The van der Waals surface area contributed by atoms with Gasteiger partial charge in [0.1, 0.15) is 5.75 Å². The molecule has 0 bridgehead atoms. The predicted molar refractivity (Wildman–Crippen MR) is 114 cm³/mol. The highest BCUT2D eigenvalue weighted by Gasteiger charge is 2.27. The van der Waals surface area contributed by atoms with E-state index in [9.17, 15) is 4.79 Å². The van der Waals surface area contributed by atoms with Crippen LogP contribution in [0.1, 0.15) is 39.9 Å². The first kappa shape index (κ1) is 19.5. The van der Waals surface area contributed by atoms with Gasteiger partial charge in [-0.2, -0.15) is 0 Å². The van der Waals surface area contributed by atoms with Crippen molar-refractivity contribution < 1.29 is 9.53 Å². The van der Waals surface area contributed by atoms with Gasteiger partial charge in [0, 0.05) is 37.0 Å². The SMILES string of the molecule is COc1c(C)cc(C(=O)[C@H]2CCCN(Cc3cccc4nccnc34)C2)cc1C. The van der Waals surface area contributed by atoms with Gasteiger partial charge < -0.3 is 4.74 Å². The molecule has 1 atom stereocenters. The van der Waals surface area contributed by atoms with E-state index in [0.29, 0.717) is 0 Å². The lowest BCUT2D eigenvalue weighted by Crippen LogP contribution is -2.38. The van der Waals surface area contributed by atoms with Gasteiger partial charge in [0.05, 0.1) is 18.1 Å². The summed E-state index contributed by atoms with van der Waals surface area (Å²) < 4.78 is 5.44. The maximum absolute atomic E-state index is 13.2. The minimum absolute atomic E-state index is 0.0250. The Balaban J connectivity index is 1.52. The van der Waals surface area contributed by atoms with Crippen LogP contribution in [0.3, 0.4) is 0 Å². The second kappa shape index (κ2) is 8.29. The molecule has 5 nitrogen and oxygen atoms in total. The molecule has 0 saturated carbocycles. The van der Waals surface area contributed by atoms with Gasteiger partial charge in [0.15, 0.2) is 5.78 Å². The molecule has 4 rings (SSSR count). The molecule has 0 unspecified atom stereocenters. The summed E-state index contributed by atoms with van der Waals surface area (Å²) in [5.74, 6) is 1.13. The van der Waals surface area contributed by atoms with Gasteiger partial charge >= 0.3 is 0 Å². The number of ether oxygens (including phenoxy) is 1. The number of aryl methyl sites for hydroxylation is 2. The first-order valence-electron chi connectivity index (χ1n) is 10.2. The van der Waals surface area contributed by atoms with E-state index < -0.39 is 0 Å². The van der Waals surface area contributed by atoms with E-state index >= 15 is 0 Å². The summed E-state index contributed by atoms with van der Waals surface area (Å²) in [7, 11) is 1.67. The summed E-state index contributed by atoms with van der Waals surface area (Å²) in [6.07, 6.45) is 5.43. The van der Waals surface area contributed by atoms with Crippen molar-refractivity contribution in [3.8, 4) is 5.75 Å². The Morgan fingerprint density at radius 3 is 2.69 bits per heavy atom. The number of piperidine rings is 1. The van der Waals surface area contributed by atoms with E-state index in [2.05, 4.69) is 20.9 Å². The first-order valence-corrected chi connectivity index (χ1v) is 10.2. The highest BCUT2D eigenvalue weighted by atomic mass is 16.5. The van der Waals surface area contributed by atoms with E-state index in [1.165, 1.54) is 5.56 Å². The van der Waals surface area contributed by atoms with Crippen molar-refractivity contribution in [2.45, 2.75) is 33.2 Å². The molecule has 0 N–H and O–H groups in total. The standard InChI is InChI=1S/C24H27N3O2/c1-16-12-20(13-17(2)24(16)29-3)23(28)19-7-5-11-27(15-19)14-18-6-4-8-21-22(18)26-10-9-25-21/h4,6,8-10,12-13,19H,5,7,11,14-15H2,1-3H3/t19-/m0/s1. The summed E-state index contributed by atoms with van der Waals surface area (Å²) in [4.78, 5) is 24.5. The summed E-state index contributed by atoms with van der Waals surface area (Å²) in [5, 5.41) is 0. The Morgan fingerprint density at radius 1 is 1.17 bits per heavy atom. The largest absolute Gasteiger partial charge is 0.496 e. The third-order valence-corrected chi connectivity index (χ3v) is 5.80. The van der Waals surface area contributed by atoms with Gasteiger partial charge in [-0.3, -0.25) is 19.7 Å². The minimum Gasteiger partial charge on any atom is -0.496 e. The Hall–Kier alpha value is -2.79. The van der Waals surface area contributed by atoms with Crippen LogP contribution in [0.5, 0.6) is 5.75 Å². The fourth-order valence-electron chi connectivity index (χ4n) is 4.48. The molecule has 1 saturated heterocycles. The van der Waals surface area contributed by atoms with E-state index in [0.717, 1.165) is 65.9 Å². The number of methoxy groups -OCH3 is 1. The Bertz CT molecular complexity index is 1020. The maximum Gasteiger partial charge on any atom is 0.167 e. The molecular formula is C24H27N3O2. The van der Waals surface area contributed by atoms with Gasteiger partial charge in [-0.1, -0.05) is 12.1 Å². The number of para-hydroxylation sites is 1. The minimum atomic E-state index is 0.0250. The fourth-order valence-corrected chi connectivity index (χ4v) is 4.48. The quantitative estimate of drug-likeness (QED) is 0.607. The Kier molecular flexibility index (Phi) is 5.58. The second-order valence-corrected chi connectivity index (χ2v) is 7.92. The number of Topliss-reactive ketones (excluding diaryl/α,β-unsaturated/α-hetero) is 1. The molecule has 0 amide bonds. The topological polar surface area (TPSA) is 55.3 Å². The Labute approximate surface area is 171 Å². The zero-order valence-electron chi connectivity index (χ0n) is 17.3. The third-order valence-electron chi connectivity index (χ3n) is 5.80. The number of aromatic nitrogens is 2. The molecule has 150 valence electrons. The highest BCUT2D eigenvalue weighted by Crippen LogP contribution is 2.28. The Morgan fingerprint density at radius 2 is 1.93 bits per heavy atom. The summed E-state index contributed by atoms with van der Waals surface area (Å²) in [6.45, 7) is 6.57. The van der Waals surface area contributed by atoms with Crippen LogP contribution in [0.15, 0.2) is 42.7 Å². The van der Waals surface area contributed by atoms with Crippen molar-refractivity contribution in [1.82, 2.24) is 14.9 Å². The summed E-state index contributed by atoms with van der Waals surface area (Å²) in [5.41, 5.74) is 5.85. The molecular weight excluding hydrogens is 362 g/mol. The number of ketones is 1. The van der Waals surface area contributed by atoms with E-state index in [1.807, 2.05) is 38.1 Å². The number of carbonyl (C=O) groups excluding carboxylic acids is 1. The van der Waals surface area contributed by atoms with Crippen molar-refractivity contribution in [3.63, 3.8) is 0 Å². The fraction of sp³-hybridized carbons (Fsp3) is 0.375. The number of hydrogen-bond acceptors (Lipinski definition) is 5. The van der Waals surface area contributed by atoms with Crippen LogP contribution < -0.4 is 4.74 Å². The van der Waals surface area contributed by atoms with Crippen LogP contribution in [0.25, 0.3) is 11.0 Å². The number of carbonyl (C=O) groups is 1. The molecule has 0 aliphatic carbocycles. The summed E-state index contributed by atoms with van der Waals surface area (Å²) in [6, 6.07) is 10.1. The van der Waals surface area contributed by atoms with Crippen LogP contribution in [-0.2, 0) is 6.54 Å². The predicted octanol–water partition coefficient (Wildman–Crippen LogP) is 4.35. The monoisotopic (exact) mass is 389 g/mol. The van der Waals surface area contributed by atoms with Crippen LogP contribution in [0.2, 0.25) is 0 Å². The smallest absolute Gasteiger partial charge is 0.167 e. The van der Waals surface area contributed by atoms with Gasteiger partial charge in [-0.05, 0) is 68.1 Å². The molecule has 1 fully saturated rings. The molecule has 29 heavy (non-hydrogen) atoms. The third kappa shape index (κ3) is 4.01. The van der Waals surface area contributed by atoms with E-state index in [1.54, 1.807) is 19.5 Å². The average molecular weight is 389 g/mol. The molecule has 2 heterocycles. The maximum atomic E-state index is 13.2. The molecule has 0 spiro atoms. The lowest BCUT2D eigenvalue weighted by molar-refractivity contribution is 0.0812. The highest BCUT2D eigenvalue weighted by molar-refractivity contribution is 5.98. The van der Waals surface area contributed by atoms with Crippen molar-refractivity contribution in [3.05, 3.63) is 65.0 Å². The number of hydrogen-bond donors (Lipinski definition) is 0. The molecule has 2 aromatic carbocycles. The van der Waals surface area contributed by atoms with Crippen molar-refractivity contribution in [2.75, 3.05) is 20.2 Å². The van der Waals surface area contributed by atoms with Crippen LogP contribution >= 0.6 is 0 Å². The van der Waals surface area contributed by atoms with E-state index in [4.69, 9.17) is 4.74 Å². The lowest BCUT2D eigenvalue weighted by Gasteiger charge is -2.32. The zero-order valence-corrected chi connectivity index (χ0v) is 17.3. The zero-order chi connectivity index (χ0) is 20.4. The van der Waals surface area contributed by atoms with Crippen LogP contribution in [0, 0.1) is 19.8 Å². The lowest BCUT2D eigenvalue weighted by atomic mass is 9.88. The number of nitrogens with zero attached hydrogens (tertiary/aromatic N) is 3. The number of benzene rings is 2. The molecule has 1 aliphatic heterocycles.